The number of hydrogen-bond acceptors (Lipinski definition) is 3. The Morgan fingerprint density at radius 3 is 2.19 bits per heavy atom. The van der Waals surface area contributed by atoms with E-state index in [1.807, 2.05) is 24.3 Å². The second-order valence-corrected chi connectivity index (χ2v) is 4.56. The van der Waals surface area contributed by atoms with E-state index in [9.17, 15) is 9.59 Å². The molecule has 2 aromatic rings. The van der Waals surface area contributed by atoms with E-state index in [-0.39, 0.29) is 11.8 Å². The van der Waals surface area contributed by atoms with E-state index >= 15 is 0 Å². The number of carbonyl (C=O) groups is 2. The number of amides is 2. The smallest absolute Gasteiger partial charge is 0.266 e. The van der Waals surface area contributed by atoms with Crippen molar-refractivity contribution in [1.82, 2.24) is 0 Å². The van der Waals surface area contributed by atoms with Crippen LogP contribution in [-0.2, 0) is 9.59 Å². The first-order valence-corrected chi connectivity index (χ1v) is 6.36. The van der Waals surface area contributed by atoms with Crippen molar-refractivity contribution in [3.63, 3.8) is 0 Å². The lowest BCUT2D eigenvalue weighted by molar-refractivity contribution is -0.119. The van der Waals surface area contributed by atoms with Crippen LogP contribution in [0.1, 0.15) is 11.1 Å². The molecule has 0 aliphatic carbocycles. The fraction of sp³-hybridized carbons (Fsp3) is 0. The topological polar surface area (TPSA) is 61.2 Å². The lowest BCUT2D eigenvalue weighted by Gasteiger charge is -2.14. The van der Waals surface area contributed by atoms with E-state index in [2.05, 4.69) is 0 Å². The third kappa shape index (κ3) is 2.21. The molecule has 21 heavy (non-hydrogen) atoms. The second-order valence-electron chi connectivity index (χ2n) is 4.56. The molecule has 0 atom stereocenters. The number of rotatable bonds is 2. The third-order valence-electron chi connectivity index (χ3n) is 3.26. The van der Waals surface area contributed by atoms with Gasteiger partial charge in [0.05, 0.1) is 22.9 Å². The number of benzene rings is 2. The summed E-state index contributed by atoms with van der Waals surface area (Å²) in [7, 11) is 0. The van der Waals surface area contributed by atoms with Gasteiger partial charge in [0.15, 0.2) is 0 Å². The number of nitriles is 1. The largest absolute Gasteiger partial charge is 0.269 e. The van der Waals surface area contributed by atoms with Gasteiger partial charge in [0.2, 0.25) is 0 Å². The summed E-state index contributed by atoms with van der Waals surface area (Å²) in [6.07, 6.45) is 1.34. The highest BCUT2D eigenvalue weighted by Crippen LogP contribution is 2.28. The molecule has 0 spiro atoms. The highest BCUT2D eigenvalue weighted by atomic mass is 16.2. The Kier molecular flexibility index (Phi) is 3.09. The lowest BCUT2D eigenvalue weighted by atomic mass is 10.1. The van der Waals surface area contributed by atoms with E-state index < -0.39 is 0 Å². The molecule has 0 saturated heterocycles. The van der Waals surface area contributed by atoms with Gasteiger partial charge >= 0.3 is 0 Å². The van der Waals surface area contributed by atoms with Crippen LogP contribution in [-0.4, -0.2) is 11.8 Å². The molecule has 0 bridgehead atoms. The third-order valence-corrected chi connectivity index (χ3v) is 3.26. The highest BCUT2D eigenvalue weighted by molar-refractivity contribution is 6.43. The summed E-state index contributed by atoms with van der Waals surface area (Å²) in [6, 6.07) is 17.4. The van der Waals surface area contributed by atoms with Gasteiger partial charge < -0.3 is 0 Å². The average molecular weight is 274 g/mol. The van der Waals surface area contributed by atoms with E-state index in [4.69, 9.17) is 5.26 Å². The number of hydrogen-bond donors (Lipinski definition) is 0. The maximum atomic E-state index is 12.4. The van der Waals surface area contributed by atoms with Gasteiger partial charge in [-0.3, -0.25) is 9.59 Å². The first-order chi connectivity index (χ1) is 10.2. The summed E-state index contributed by atoms with van der Waals surface area (Å²) < 4.78 is 0. The maximum absolute atomic E-state index is 12.4. The molecule has 2 aromatic carbocycles. The summed E-state index contributed by atoms with van der Waals surface area (Å²) in [5.41, 5.74) is 2.04. The van der Waals surface area contributed by atoms with Crippen LogP contribution in [0.2, 0.25) is 0 Å². The van der Waals surface area contributed by atoms with Crippen molar-refractivity contribution in [2.45, 2.75) is 0 Å². The Hall–Kier alpha value is -3.19. The zero-order valence-electron chi connectivity index (χ0n) is 11.0. The molecular formula is C17H10N2O2. The number of carbonyl (C=O) groups excluding carboxylic acids is 2. The molecule has 4 nitrogen and oxygen atoms in total. The van der Waals surface area contributed by atoms with Gasteiger partial charge in [-0.25, -0.2) is 4.90 Å². The standard InChI is InChI=1S/C17H10N2O2/c18-11-12-6-8-14(9-7-12)19-16(20)10-15(17(19)21)13-4-2-1-3-5-13/h1-10H. The Labute approximate surface area is 121 Å². The Morgan fingerprint density at radius 1 is 0.905 bits per heavy atom. The van der Waals surface area contributed by atoms with Crippen molar-refractivity contribution in [3.05, 3.63) is 71.8 Å². The van der Waals surface area contributed by atoms with Crippen LogP contribution in [0.4, 0.5) is 5.69 Å². The molecule has 1 aliphatic rings. The van der Waals surface area contributed by atoms with Crippen LogP contribution in [0.5, 0.6) is 0 Å². The molecule has 100 valence electrons. The van der Waals surface area contributed by atoms with Crippen LogP contribution >= 0.6 is 0 Å². The number of imide groups is 1. The van der Waals surface area contributed by atoms with Crippen LogP contribution < -0.4 is 4.90 Å². The molecular weight excluding hydrogens is 264 g/mol. The van der Waals surface area contributed by atoms with E-state index in [1.165, 1.54) is 6.08 Å². The fourth-order valence-corrected chi connectivity index (χ4v) is 2.22. The zero-order valence-corrected chi connectivity index (χ0v) is 11.0. The SMILES string of the molecule is N#Cc1ccc(N2C(=O)C=C(c3ccccc3)C2=O)cc1. The Morgan fingerprint density at radius 2 is 1.57 bits per heavy atom. The summed E-state index contributed by atoms with van der Waals surface area (Å²) in [4.78, 5) is 25.6. The molecule has 4 heteroatoms. The van der Waals surface area contributed by atoms with Gasteiger partial charge in [0, 0.05) is 6.08 Å². The number of nitrogens with zero attached hydrogens (tertiary/aromatic N) is 2. The molecule has 0 saturated carbocycles. The molecule has 0 N–H and O–H groups in total. The van der Waals surface area contributed by atoms with Crippen molar-refractivity contribution in [1.29, 1.82) is 5.26 Å². The van der Waals surface area contributed by atoms with Gasteiger partial charge in [-0.1, -0.05) is 30.3 Å². The molecule has 3 rings (SSSR count). The average Bonchev–Trinajstić information content (AvgIpc) is 2.83. The highest BCUT2D eigenvalue weighted by Gasteiger charge is 2.32. The molecule has 1 heterocycles. The van der Waals surface area contributed by atoms with Crippen molar-refractivity contribution < 1.29 is 9.59 Å². The van der Waals surface area contributed by atoms with E-state index in [0.29, 0.717) is 22.4 Å². The van der Waals surface area contributed by atoms with Crippen molar-refractivity contribution in [2.75, 3.05) is 4.90 Å². The monoisotopic (exact) mass is 274 g/mol. The van der Waals surface area contributed by atoms with Crippen LogP contribution in [0.25, 0.3) is 5.57 Å². The summed E-state index contributed by atoms with van der Waals surface area (Å²) in [5.74, 6) is -0.723. The minimum atomic E-state index is -0.372. The number of anilines is 1. The fourth-order valence-electron chi connectivity index (χ4n) is 2.22. The summed E-state index contributed by atoms with van der Waals surface area (Å²) >= 11 is 0. The van der Waals surface area contributed by atoms with E-state index in [0.717, 1.165) is 4.90 Å². The maximum Gasteiger partial charge on any atom is 0.266 e. The minimum Gasteiger partial charge on any atom is -0.269 e. The zero-order chi connectivity index (χ0) is 14.8. The second kappa shape index (κ2) is 5.06. The minimum absolute atomic E-state index is 0.351. The molecule has 0 radical (unpaired) electrons. The van der Waals surface area contributed by atoms with E-state index in [1.54, 1.807) is 36.4 Å². The molecule has 0 fully saturated rings. The first kappa shape index (κ1) is 12.8. The van der Waals surface area contributed by atoms with Gasteiger partial charge in [-0.05, 0) is 29.8 Å². The molecule has 0 aromatic heterocycles. The molecule has 2 amide bonds. The van der Waals surface area contributed by atoms with Crippen LogP contribution in [0.3, 0.4) is 0 Å². The Bertz CT molecular complexity index is 784. The summed E-state index contributed by atoms with van der Waals surface area (Å²) in [5, 5.41) is 8.78. The van der Waals surface area contributed by atoms with Gasteiger partial charge in [-0.2, -0.15) is 5.26 Å². The molecule has 0 unspecified atom stereocenters. The first-order valence-electron chi connectivity index (χ1n) is 6.36. The summed E-state index contributed by atoms with van der Waals surface area (Å²) in [6.45, 7) is 0. The van der Waals surface area contributed by atoms with Gasteiger partial charge in [0.25, 0.3) is 11.8 Å². The van der Waals surface area contributed by atoms with Gasteiger partial charge in [0.1, 0.15) is 0 Å². The quantitative estimate of drug-likeness (QED) is 0.790. The predicted molar refractivity (Wildman–Crippen MR) is 78.1 cm³/mol. The molecule has 1 aliphatic heterocycles. The van der Waals surface area contributed by atoms with Gasteiger partial charge in [-0.15, -0.1) is 0 Å². The van der Waals surface area contributed by atoms with Crippen LogP contribution in [0, 0.1) is 11.3 Å². The van der Waals surface area contributed by atoms with Crippen molar-refractivity contribution in [3.8, 4) is 6.07 Å². The Balaban J connectivity index is 1.95. The van der Waals surface area contributed by atoms with Crippen LogP contribution in [0.15, 0.2) is 60.7 Å². The van der Waals surface area contributed by atoms with Crippen molar-refractivity contribution in [2.24, 2.45) is 0 Å². The van der Waals surface area contributed by atoms with Crippen molar-refractivity contribution >= 4 is 23.1 Å². The lowest BCUT2D eigenvalue weighted by Crippen LogP contribution is -2.30. The normalized spacial score (nSPS) is 14.0. The predicted octanol–water partition coefficient (Wildman–Crippen LogP) is 2.52.